The number of carbonyl (C=O) groups is 1. The molecule has 0 spiro atoms. The molecule has 0 bridgehead atoms. The molecule has 2 fully saturated rings. The monoisotopic (exact) mass is 561 g/mol. The molecule has 4 rings (SSSR count). The van der Waals surface area contributed by atoms with Gasteiger partial charge in [0.05, 0.1) is 0 Å². The molecule has 0 unspecified atom stereocenters. The van der Waals surface area contributed by atoms with Gasteiger partial charge >= 0.3 is 6.09 Å². The maximum absolute atomic E-state index is 12.4. The van der Waals surface area contributed by atoms with E-state index >= 15 is 0 Å². The van der Waals surface area contributed by atoms with Gasteiger partial charge in [-0.25, -0.2) is 4.79 Å². The molecule has 2 aliphatic heterocycles. The van der Waals surface area contributed by atoms with Crippen LogP contribution in [0.2, 0.25) is 0 Å². The molecule has 1 saturated heterocycles. The van der Waals surface area contributed by atoms with Crippen LogP contribution in [0.15, 0.2) is 52.2 Å². The first-order valence-electron chi connectivity index (χ1n) is 15.7. The van der Waals surface area contributed by atoms with Gasteiger partial charge in [-0.3, -0.25) is 14.9 Å². The van der Waals surface area contributed by atoms with E-state index in [2.05, 4.69) is 65.8 Å². The zero-order valence-electron chi connectivity index (χ0n) is 26.1. The number of rotatable bonds is 9. The van der Waals surface area contributed by atoms with Crippen LogP contribution in [0.25, 0.3) is 5.57 Å². The summed E-state index contributed by atoms with van der Waals surface area (Å²) in [6.07, 6.45) is 12.6. The number of hydrogen-bond donors (Lipinski definition) is 0. The van der Waals surface area contributed by atoms with E-state index in [-0.39, 0.29) is 6.09 Å². The lowest BCUT2D eigenvalue weighted by atomic mass is 9.94. The Hall–Kier alpha value is -2.93. The Labute approximate surface area is 248 Å². The normalized spacial score (nSPS) is 21.2. The van der Waals surface area contributed by atoms with Gasteiger partial charge in [0.15, 0.2) is 0 Å². The van der Waals surface area contributed by atoms with E-state index < -0.39 is 5.60 Å². The van der Waals surface area contributed by atoms with Crippen molar-refractivity contribution >= 4 is 24.2 Å². The number of hydrogen-bond acceptors (Lipinski definition) is 5. The average Bonchev–Trinajstić information content (AvgIpc) is 3.32. The zero-order chi connectivity index (χ0) is 29.4. The summed E-state index contributed by atoms with van der Waals surface area (Å²) in [5.41, 5.74) is 4.27. The smallest absolute Gasteiger partial charge is 0.410 e. The largest absolute Gasteiger partial charge is 0.444 e. The molecular weight excluding hydrogens is 510 g/mol. The molecule has 3 aliphatic rings. The minimum atomic E-state index is -0.463. The standard InChI is InChI=1S/C34H51N5O2/c1-7-26(8-2)22-36-32-30(23-35-6)31(25-39(32)29-12-10-9-11-13-29)28-16-14-27(15-17-28)24-37-18-20-38(21-19-37)33(40)41-34(3,4)5/h14-17,23,25-26,29H,6-13,18-22,24H2,1-5H3/b30-23-,36-32?. The van der Waals surface area contributed by atoms with Crippen LogP contribution < -0.4 is 0 Å². The van der Waals surface area contributed by atoms with E-state index in [1.165, 1.54) is 48.8 Å². The van der Waals surface area contributed by atoms with Gasteiger partial charge in [-0.1, -0.05) is 70.2 Å². The maximum atomic E-state index is 12.4. The van der Waals surface area contributed by atoms with Crippen molar-refractivity contribution in [3.05, 3.63) is 53.4 Å². The third-order valence-corrected chi connectivity index (χ3v) is 8.58. The Balaban J connectivity index is 1.47. The SMILES string of the molecule is C=N/C=C1/C(c2ccc(CN3CCN(C(=O)OC(C)(C)C)CC3)cc2)=CN(C2CCCCC2)C1=NCC(CC)CC. The molecule has 2 heterocycles. The predicted molar refractivity (Wildman–Crippen MR) is 170 cm³/mol. The summed E-state index contributed by atoms with van der Waals surface area (Å²) in [5.74, 6) is 1.67. The van der Waals surface area contributed by atoms with Gasteiger partial charge in [-0.2, -0.15) is 0 Å². The van der Waals surface area contributed by atoms with Crippen molar-refractivity contribution in [1.29, 1.82) is 0 Å². The summed E-state index contributed by atoms with van der Waals surface area (Å²) in [6, 6.07) is 9.43. The van der Waals surface area contributed by atoms with E-state index in [4.69, 9.17) is 9.73 Å². The van der Waals surface area contributed by atoms with E-state index in [9.17, 15) is 4.79 Å². The van der Waals surface area contributed by atoms with Crippen LogP contribution in [0.3, 0.4) is 0 Å². The quantitative estimate of drug-likeness (QED) is 0.301. The summed E-state index contributed by atoms with van der Waals surface area (Å²) in [6.45, 7) is 18.8. The second-order valence-corrected chi connectivity index (χ2v) is 12.8. The summed E-state index contributed by atoms with van der Waals surface area (Å²) in [4.78, 5) is 28.5. The fourth-order valence-corrected chi connectivity index (χ4v) is 6.01. The Bertz CT molecular complexity index is 1110. The number of benzene rings is 1. The number of piperazine rings is 1. The van der Waals surface area contributed by atoms with Crippen LogP contribution in [0.5, 0.6) is 0 Å². The molecule has 1 aromatic rings. The van der Waals surface area contributed by atoms with E-state index in [1.54, 1.807) is 0 Å². The number of ether oxygens (including phenoxy) is 1. The molecule has 0 aromatic heterocycles. The molecule has 1 amide bonds. The molecular formula is C34H51N5O2. The minimum Gasteiger partial charge on any atom is -0.444 e. The highest BCUT2D eigenvalue weighted by Gasteiger charge is 2.33. The maximum Gasteiger partial charge on any atom is 0.410 e. The van der Waals surface area contributed by atoms with Gasteiger partial charge < -0.3 is 14.5 Å². The van der Waals surface area contributed by atoms with Crippen molar-refractivity contribution < 1.29 is 9.53 Å². The van der Waals surface area contributed by atoms with Crippen LogP contribution in [0.1, 0.15) is 90.7 Å². The predicted octanol–water partition coefficient (Wildman–Crippen LogP) is 7.15. The van der Waals surface area contributed by atoms with Crippen molar-refractivity contribution in [2.45, 2.75) is 97.8 Å². The molecule has 41 heavy (non-hydrogen) atoms. The number of amides is 1. The highest BCUT2D eigenvalue weighted by atomic mass is 16.6. The molecule has 1 aliphatic carbocycles. The Morgan fingerprint density at radius 2 is 1.71 bits per heavy atom. The summed E-state index contributed by atoms with van der Waals surface area (Å²) in [5, 5.41) is 0. The minimum absolute atomic E-state index is 0.214. The van der Waals surface area contributed by atoms with Gasteiger partial charge in [0, 0.05) is 68.9 Å². The van der Waals surface area contributed by atoms with Crippen LogP contribution in [0, 0.1) is 5.92 Å². The average molecular weight is 562 g/mol. The van der Waals surface area contributed by atoms with Gasteiger partial charge in [-0.05, 0) is 57.4 Å². The number of aliphatic imine (C=N–C) groups is 2. The van der Waals surface area contributed by atoms with Crippen LogP contribution in [0.4, 0.5) is 4.79 Å². The lowest BCUT2D eigenvalue weighted by molar-refractivity contribution is 0.0139. The van der Waals surface area contributed by atoms with Gasteiger partial charge in [0.2, 0.25) is 0 Å². The first-order chi connectivity index (χ1) is 19.7. The van der Waals surface area contributed by atoms with E-state index in [0.717, 1.165) is 50.4 Å². The number of amidine groups is 1. The molecule has 1 saturated carbocycles. The Kier molecular flexibility index (Phi) is 10.8. The van der Waals surface area contributed by atoms with Crippen LogP contribution in [-0.2, 0) is 11.3 Å². The van der Waals surface area contributed by atoms with Gasteiger partial charge in [-0.15, -0.1) is 0 Å². The first kappa shape index (κ1) is 31.0. The van der Waals surface area contributed by atoms with E-state index in [1.807, 2.05) is 31.9 Å². The second-order valence-electron chi connectivity index (χ2n) is 12.8. The Morgan fingerprint density at radius 1 is 1.05 bits per heavy atom. The lowest BCUT2D eigenvalue weighted by Gasteiger charge is -2.35. The summed E-state index contributed by atoms with van der Waals surface area (Å²) < 4.78 is 5.55. The fourth-order valence-electron chi connectivity index (χ4n) is 6.01. The number of carbonyl (C=O) groups excluding carboxylic acids is 1. The number of nitrogens with zero attached hydrogens (tertiary/aromatic N) is 5. The zero-order valence-corrected chi connectivity index (χ0v) is 26.1. The van der Waals surface area contributed by atoms with Gasteiger partial charge in [0.1, 0.15) is 11.4 Å². The van der Waals surface area contributed by atoms with Crippen LogP contribution in [-0.4, -0.2) is 77.7 Å². The lowest BCUT2D eigenvalue weighted by Crippen LogP contribution is -2.49. The highest BCUT2D eigenvalue weighted by Crippen LogP contribution is 2.37. The second kappa shape index (κ2) is 14.3. The third-order valence-electron chi connectivity index (χ3n) is 8.58. The van der Waals surface area contributed by atoms with Crippen molar-refractivity contribution in [3.63, 3.8) is 0 Å². The molecule has 224 valence electrons. The fraction of sp³-hybridized carbons (Fsp3) is 0.618. The van der Waals surface area contributed by atoms with E-state index in [0.29, 0.717) is 25.0 Å². The molecule has 0 N–H and O–H groups in total. The summed E-state index contributed by atoms with van der Waals surface area (Å²) in [7, 11) is 0. The molecule has 0 atom stereocenters. The third kappa shape index (κ3) is 8.31. The van der Waals surface area contributed by atoms with Crippen molar-refractivity contribution in [2.75, 3.05) is 32.7 Å². The first-order valence-corrected chi connectivity index (χ1v) is 15.7. The Morgan fingerprint density at radius 3 is 2.29 bits per heavy atom. The summed E-state index contributed by atoms with van der Waals surface area (Å²) >= 11 is 0. The molecule has 1 aromatic carbocycles. The van der Waals surface area contributed by atoms with Gasteiger partial charge in [0.25, 0.3) is 0 Å². The topological polar surface area (TPSA) is 60.7 Å². The molecule has 7 nitrogen and oxygen atoms in total. The van der Waals surface area contributed by atoms with Crippen molar-refractivity contribution in [1.82, 2.24) is 14.7 Å². The molecule has 0 radical (unpaired) electrons. The van der Waals surface area contributed by atoms with Crippen LogP contribution >= 0.6 is 0 Å². The van der Waals surface area contributed by atoms with Crippen molar-refractivity contribution in [2.24, 2.45) is 15.9 Å². The van der Waals surface area contributed by atoms with Crippen molar-refractivity contribution in [3.8, 4) is 0 Å². The highest BCUT2D eigenvalue weighted by molar-refractivity contribution is 6.16. The molecule has 7 heteroatoms.